The molecule has 1 saturated heterocycles. The lowest BCUT2D eigenvalue weighted by molar-refractivity contribution is -0.150. The highest BCUT2D eigenvalue weighted by Crippen LogP contribution is 2.42. The first-order valence-corrected chi connectivity index (χ1v) is 16.5. The Hall–Kier alpha value is -4.73. The van der Waals surface area contributed by atoms with Crippen LogP contribution in [0.1, 0.15) is 41.2 Å². The fourth-order valence-electron chi connectivity index (χ4n) is 4.61. The molecule has 3 amide bonds. The fourth-order valence-corrected chi connectivity index (χ4v) is 7.80. The van der Waals surface area contributed by atoms with Crippen LogP contribution in [0.5, 0.6) is 0 Å². The first kappa shape index (κ1) is 33.6. The summed E-state index contributed by atoms with van der Waals surface area (Å²) < 4.78 is 1.40. The molecule has 1 fully saturated rings. The number of anilines is 1. The molecule has 0 aliphatic carbocycles. The largest absolute Gasteiger partial charge is 0.477 e. The number of hydrogen-bond acceptors (Lipinski definition) is 15. The monoisotopic (exact) mass is 704 g/mol. The van der Waals surface area contributed by atoms with Crippen LogP contribution < -0.4 is 22.3 Å². The number of carboxylic acids is 2. The van der Waals surface area contributed by atoms with Crippen LogP contribution >= 0.6 is 34.9 Å². The number of hydrogen-bond donors (Lipinski definition) is 6. The van der Waals surface area contributed by atoms with E-state index in [9.17, 15) is 34.2 Å². The summed E-state index contributed by atoms with van der Waals surface area (Å²) in [6, 6.07) is -1.11. The minimum Gasteiger partial charge on any atom is -0.477 e. The number of fused-ring (bicyclic) bond motifs is 2. The maximum Gasteiger partial charge on any atom is 0.352 e. The van der Waals surface area contributed by atoms with E-state index in [2.05, 4.69) is 25.5 Å². The number of aryl methyl sites for hydroxylation is 1. The maximum absolute atomic E-state index is 13.4. The van der Waals surface area contributed by atoms with Crippen molar-refractivity contribution in [1.29, 1.82) is 0 Å². The van der Waals surface area contributed by atoms with Crippen molar-refractivity contribution < 1.29 is 39.0 Å². The molecule has 0 aromatic carbocycles. The number of amides is 3. The van der Waals surface area contributed by atoms with E-state index in [-0.39, 0.29) is 45.0 Å². The third-order valence-corrected chi connectivity index (χ3v) is 10.5. The molecule has 0 bridgehead atoms. The van der Waals surface area contributed by atoms with Gasteiger partial charge in [-0.2, -0.15) is 5.10 Å². The average molecular weight is 705 g/mol. The zero-order chi connectivity index (χ0) is 34.4. The average Bonchev–Trinajstić information content (AvgIpc) is 3.65. The molecule has 5 rings (SSSR count). The van der Waals surface area contributed by atoms with Crippen molar-refractivity contribution >= 4 is 81.0 Å². The molecule has 47 heavy (non-hydrogen) atoms. The van der Waals surface area contributed by atoms with Crippen LogP contribution in [0, 0.1) is 13.8 Å². The molecule has 248 valence electrons. The van der Waals surface area contributed by atoms with E-state index in [1.807, 2.05) is 5.43 Å². The summed E-state index contributed by atoms with van der Waals surface area (Å²) in [5, 5.41) is 31.7. The SMILES string of the molecule is Cc1nc2c(C(=O)O)cnn2c(SCC2=C(C(=O)O)N3C(=O)C(NC(=O)C(=NOC(C)(C)C(=O)NN)c4csc(N)n4)[C@@H]3SC2)c1C. The van der Waals surface area contributed by atoms with Crippen molar-refractivity contribution in [1.82, 2.24) is 35.2 Å². The molecule has 3 aromatic rings. The van der Waals surface area contributed by atoms with E-state index in [1.165, 1.54) is 53.5 Å². The molecular weight excluding hydrogens is 677 g/mol. The van der Waals surface area contributed by atoms with E-state index in [0.717, 1.165) is 21.8 Å². The molecule has 2 aliphatic heterocycles. The number of aromatic carboxylic acids is 1. The topological polar surface area (TPSA) is 270 Å². The summed E-state index contributed by atoms with van der Waals surface area (Å²) in [6.45, 7) is 6.27. The van der Waals surface area contributed by atoms with Crippen LogP contribution in [0.4, 0.5) is 5.13 Å². The highest BCUT2D eigenvalue weighted by atomic mass is 32.2. The summed E-state index contributed by atoms with van der Waals surface area (Å²) in [6.07, 6.45) is 1.20. The Kier molecular flexibility index (Phi) is 9.17. The van der Waals surface area contributed by atoms with E-state index in [1.54, 1.807) is 13.8 Å². The lowest BCUT2D eigenvalue weighted by atomic mass is 10.0. The number of carbonyl (C=O) groups is 5. The molecule has 21 heteroatoms. The van der Waals surface area contributed by atoms with Gasteiger partial charge in [-0.3, -0.25) is 24.7 Å². The predicted molar refractivity (Wildman–Crippen MR) is 170 cm³/mol. The number of aliphatic carboxylic acids is 1. The van der Waals surface area contributed by atoms with E-state index in [4.69, 9.17) is 16.4 Å². The molecule has 18 nitrogen and oxygen atoms in total. The Morgan fingerprint density at radius 3 is 2.55 bits per heavy atom. The maximum atomic E-state index is 13.4. The molecule has 0 saturated carbocycles. The van der Waals surface area contributed by atoms with Gasteiger partial charge in [-0.25, -0.2) is 29.9 Å². The molecule has 8 N–H and O–H groups in total. The van der Waals surface area contributed by atoms with Crippen molar-refractivity contribution in [2.24, 2.45) is 11.0 Å². The van der Waals surface area contributed by atoms with Gasteiger partial charge in [0, 0.05) is 28.1 Å². The number of nitrogen functional groups attached to an aromatic ring is 1. The van der Waals surface area contributed by atoms with Crippen LogP contribution in [0.2, 0.25) is 0 Å². The quantitative estimate of drug-likeness (QED) is 0.0294. The first-order valence-electron chi connectivity index (χ1n) is 13.6. The number of hydrazine groups is 1. The highest BCUT2D eigenvalue weighted by Gasteiger charge is 2.54. The number of nitrogens with two attached hydrogens (primary N) is 2. The molecular formula is C26H28N10O8S3. The number of aromatic nitrogens is 4. The summed E-state index contributed by atoms with van der Waals surface area (Å²) in [5.41, 5.74) is 7.41. The van der Waals surface area contributed by atoms with Gasteiger partial charge < -0.3 is 26.1 Å². The van der Waals surface area contributed by atoms with Crippen molar-refractivity contribution in [3.63, 3.8) is 0 Å². The Labute approximate surface area is 277 Å². The third-order valence-electron chi connectivity index (χ3n) is 7.25. The molecule has 0 spiro atoms. The van der Waals surface area contributed by atoms with Crippen LogP contribution in [0.15, 0.2) is 33.0 Å². The second kappa shape index (κ2) is 12.8. The van der Waals surface area contributed by atoms with Crippen molar-refractivity contribution in [3.05, 3.63) is 45.4 Å². The molecule has 2 atom stereocenters. The number of thiazole rings is 1. The molecule has 0 radical (unpaired) electrons. The number of carboxylic acid groups (broad SMARTS) is 2. The zero-order valence-electron chi connectivity index (χ0n) is 25.1. The number of oxime groups is 1. The van der Waals surface area contributed by atoms with Crippen LogP contribution in [0.25, 0.3) is 5.65 Å². The second-order valence-corrected chi connectivity index (χ2v) is 13.7. The van der Waals surface area contributed by atoms with Crippen LogP contribution in [-0.4, -0.2) is 98.6 Å². The number of nitrogens with one attached hydrogen (secondary N) is 2. The Morgan fingerprint density at radius 2 is 1.94 bits per heavy atom. The first-order chi connectivity index (χ1) is 22.2. The predicted octanol–water partition coefficient (Wildman–Crippen LogP) is 0.103. The molecule has 1 unspecified atom stereocenters. The van der Waals surface area contributed by atoms with Gasteiger partial charge in [0.1, 0.15) is 33.4 Å². The number of β-lactam (4-membered cyclic amide) rings is 1. The summed E-state index contributed by atoms with van der Waals surface area (Å²) in [7, 11) is 0. The Morgan fingerprint density at radius 1 is 1.21 bits per heavy atom. The van der Waals surface area contributed by atoms with Gasteiger partial charge in [0.25, 0.3) is 17.7 Å². The van der Waals surface area contributed by atoms with Crippen LogP contribution in [-0.2, 0) is 24.0 Å². The zero-order valence-corrected chi connectivity index (χ0v) is 27.6. The van der Waals surface area contributed by atoms with Gasteiger partial charge >= 0.3 is 11.9 Å². The van der Waals surface area contributed by atoms with E-state index in [0.29, 0.717) is 16.3 Å². The summed E-state index contributed by atoms with van der Waals surface area (Å²) in [4.78, 5) is 77.7. The van der Waals surface area contributed by atoms with Gasteiger partial charge in [-0.15, -0.1) is 34.9 Å². The van der Waals surface area contributed by atoms with Crippen molar-refractivity contribution in [2.45, 2.75) is 49.7 Å². The van der Waals surface area contributed by atoms with Gasteiger partial charge in [0.2, 0.25) is 5.60 Å². The fraction of sp³-hybridized carbons (Fsp3) is 0.346. The van der Waals surface area contributed by atoms with Crippen molar-refractivity contribution in [2.75, 3.05) is 17.2 Å². The third kappa shape index (κ3) is 6.21. The minimum atomic E-state index is -1.57. The number of rotatable bonds is 11. The Bertz CT molecular complexity index is 1900. The molecule has 5 heterocycles. The van der Waals surface area contributed by atoms with Gasteiger partial charge in [-0.05, 0) is 33.3 Å². The Balaban J connectivity index is 1.37. The molecule has 3 aromatic heterocycles. The van der Waals surface area contributed by atoms with Gasteiger partial charge in [0.05, 0.1) is 6.20 Å². The smallest absolute Gasteiger partial charge is 0.352 e. The second-order valence-electron chi connectivity index (χ2n) is 10.7. The van der Waals surface area contributed by atoms with E-state index < -0.39 is 46.7 Å². The van der Waals surface area contributed by atoms with E-state index >= 15 is 0 Å². The van der Waals surface area contributed by atoms with Crippen molar-refractivity contribution in [3.8, 4) is 0 Å². The minimum absolute atomic E-state index is 0.0303. The lowest BCUT2D eigenvalue weighted by Crippen LogP contribution is -2.71. The van der Waals surface area contributed by atoms with Gasteiger partial charge in [-0.1, -0.05) is 5.16 Å². The summed E-state index contributed by atoms with van der Waals surface area (Å²) in [5.74, 6) is 0.805. The normalized spacial score (nSPS) is 18.1. The summed E-state index contributed by atoms with van der Waals surface area (Å²) >= 11 is 3.53. The standard InChI is InChI=1S/C26H28N10O8S3/c1-9-10(2)30-17-12(22(39)40)5-29-36(17)20(9)45-6-11-7-46-21-15(19(38)35(21)16(11)23(41)42)32-18(37)14(13-8-47-25(27)31-13)34-44-26(3,4)24(43)33-28/h5,8,15,21H,6-7,28H2,1-4H3,(H2,27,31)(H,32,37)(H,33,43)(H,39,40)(H,41,42)/t15?,21-/m0/s1. The molecule has 2 aliphatic rings. The van der Waals surface area contributed by atoms with Crippen LogP contribution in [0.3, 0.4) is 0 Å². The number of carbonyl (C=O) groups excluding carboxylic acids is 3. The highest BCUT2D eigenvalue weighted by molar-refractivity contribution is 8.01. The number of thioether (sulfide) groups is 2. The number of nitrogens with zero attached hydrogens (tertiary/aromatic N) is 6. The van der Waals surface area contributed by atoms with Gasteiger partial charge in [0.15, 0.2) is 16.5 Å². The lowest BCUT2D eigenvalue weighted by Gasteiger charge is -2.49.